The van der Waals surface area contributed by atoms with Crippen LogP contribution in [0.25, 0.3) is 16.9 Å². The Bertz CT molecular complexity index is 1200. The van der Waals surface area contributed by atoms with Crippen molar-refractivity contribution in [1.29, 1.82) is 0 Å². The number of anilines is 1. The second-order valence-electron chi connectivity index (χ2n) is 6.97. The van der Waals surface area contributed by atoms with Crippen LogP contribution in [0.15, 0.2) is 54.9 Å². The van der Waals surface area contributed by atoms with Crippen LogP contribution >= 0.6 is 0 Å². The molecule has 1 N–H and O–H groups in total. The number of nitrogens with zero attached hydrogens (tertiary/aromatic N) is 4. The molecule has 1 amide bonds. The predicted octanol–water partition coefficient (Wildman–Crippen LogP) is 3.73. The molecule has 0 spiro atoms. The molecule has 0 bridgehead atoms. The third-order valence-corrected chi connectivity index (χ3v) is 4.73. The molecule has 7 nitrogen and oxygen atoms in total. The third kappa shape index (κ3) is 4.08. The first-order valence-electron chi connectivity index (χ1n) is 9.27. The number of aryl methyl sites for hydroxylation is 2. The number of amides is 1. The number of aromatic nitrogens is 4. The fraction of sp³-hybridized carbons (Fsp3) is 0.182. The summed E-state index contributed by atoms with van der Waals surface area (Å²) in [6.45, 7) is 5.98. The van der Waals surface area contributed by atoms with Crippen molar-refractivity contribution < 1.29 is 9.53 Å². The van der Waals surface area contributed by atoms with Crippen LogP contribution in [0.1, 0.15) is 16.7 Å². The maximum Gasteiger partial charge on any atom is 0.262 e. The maximum absolute atomic E-state index is 12.4. The van der Waals surface area contributed by atoms with Gasteiger partial charge in [-0.2, -0.15) is 9.61 Å². The number of benzene rings is 2. The first-order chi connectivity index (χ1) is 14.0. The molecular formula is C22H21N5O2. The van der Waals surface area contributed by atoms with Gasteiger partial charge in [0, 0.05) is 11.3 Å². The highest BCUT2D eigenvalue weighted by molar-refractivity contribution is 5.92. The average Bonchev–Trinajstić information content (AvgIpc) is 3.17. The van der Waals surface area contributed by atoms with Gasteiger partial charge >= 0.3 is 0 Å². The Labute approximate surface area is 168 Å². The molecule has 0 saturated heterocycles. The molecule has 0 radical (unpaired) electrons. The SMILES string of the molecule is Cc1cc(C)c(C)c(OCC(=O)Nc2cccc(-c3ccc4nncn4n3)c2)c1. The van der Waals surface area contributed by atoms with E-state index in [9.17, 15) is 4.79 Å². The Hall–Kier alpha value is -3.74. The van der Waals surface area contributed by atoms with Gasteiger partial charge in [-0.25, -0.2) is 0 Å². The van der Waals surface area contributed by atoms with Gasteiger partial charge in [0.05, 0.1) is 5.69 Å². The van der Waals surface area contributed by atoms with E-state index in [1.54, 1.807) is 10.8 Å². The number of ether oxygens (including phenoxy) is 1. The van der Waals surface area contributed by atoms with Gasteiger partial charge in [-0.15, -0.1) is 10.2 Å². The summed E-state index contributed by atoms with van der Waals surface area (Å²) in [5, 5.41) is 15.1. The largest absolute Gasteiger partial charge is 0.483 e. The highest BCUT2D eigenvalue weighted by Crippen LogP contribution is 2.24. The molecule has 0 aliphatic carbocycles. The quantitative estimate of drug-likeness (QED) is 0.564. The Morgan fingerprint density at radius 3 is 2.83 bits per heavy atom. The van der Waals surface area contributed by atoms with Crippen LogP contribution in [-0.4, -0.2) is 32.3 Å². The second kappa shape index (κ2) is 7.71. The number of rotatable bonds is 5. The van der Waals surface area contributed by atoms with Crippen molar-refractivity contribution in [3.8, 4) is 17.0 Å². The Morgan fingerprint density at radius 2 is 1.97 bits per heavy atom. The number of nitrogens with one attached hydrogen (secondary N) is 1. The van der Waals surface area contributed by atoms with Gasteiger partial charge in [0.1, 0.15) is 12.1 Å². The molecule has 0 saturated carbocycles. The van der Waals surface area contributed by atoms with Crippen LogP contribution in [-0.2, 0) is 4.79 Å². The smallest absolute Gasteiger partial charge is 0.262 e. The van der Waals surface area contributed by atoms with Gasteiger partial charge in [-0.05, 0) is 67.8 Å². The molecule has 7 heteroatoms. The van der Waals surface area contributed by atoms with E-state index in [0.29, 0.717) is 11.3 Å². The molecule has 2 heterocycles. The van der Waals surface area contributed by atoms with Gasteiger partial charge < -0.3 is 10.1 Å². The van der Waals surface area contributed by atoms with Crippen LogP contribution < -0.4 is 10.1 Å². The van der Waals surface area contributed by atoms with E-state index >= 15 is 0 Å². The van der Waals surface area contributed by atoms with Crippen LogP contribution in [0.4, 0.5) is 5.69 Å². The Balaban J connectivity index is 1.45. The average molecular weight is 387 g/mol. The summed E-state index contributed by atoms with van der Waals surface area (Å²) < 4.78 is 7.36. The highest BCUT2D eigenvalue weighted by atomic mass is 16.5. The summed E-state index contributed by atoms with van der Waals surface area (Å²) in [4.78, 5) is 12.4. The summed E-state index contributed by atoms with van der Waals surface area (Å²) in [5.74, 6) is 0.515. The molecule has 4 rings (SSSR count). The lowest BCUT2D eigenvalue weighted by Crippen LogP contribution is -2.20. The van der Waals surface area contributed by atoms with E-state index in [1.165, 1.54) is 0 Å². The molecule has 4 aromatic rings. The lowest BCUT2D eigenvalue weighted by Gasteiger charge is -2.13. The molecule has 0 unspecified atom stereocenters. The summed E-state index contributed by atoms with van der Waals surface area (Å²) in [5.41, 5.74) is 6.29. The second-order valence-corrected chi connectivity index (χ2v) is 6.97. The van der Waals surface area contributed by atoms with Crippen LogP contribution in [0.2, 0.25) is 0 Å². The van der Waals surface area contributed by atoms with Crippen molar-refractivity contribution in [1.82, 2.24) is 19.8 Å². The van der Waals surface area contributed by atoms with E-state index < -0.39 is 0 Å². The van der Waals surface area contributed by atoms with Crippen molar-refractivity contribution in [2.24, 2.45) is 0 Å². The van der Waals surface area contributed by atoms with Crippen molar-refractivity contribution in [2.75, 3.05) is 11.9 Å². The van der Waals surface area contributed by atoms with Gasteiger partial charge in [0.25, 0.3) is 5.91 Å². The number of carbonyl (C=O) groups is 1. The third-order valence-electron chi connectivity index (χ3n) is 4.73. The number of carbonyl (C=O) groups excluding carboxylic acids is 1. The van der Waals surface area contributed by atoms with Gasteiger partial charge in [0.2, 0.25) is 0 Å². The van der Waals surface area contributed by atoms with Crippen LogP contribution in [0.3, 0.4) is 0 Å². The van der Waals surface area contributed by atoms with Crippen molar-refractivity contribution in [2.45, 2.75) is 20.8 Å². The maximum atomic E-state index is 12.4. The molecule has 146 valence electrons. The molecule has 0 fully saturated rings. The molecule has 0 aliphatic rings. The molecular weight excluding hydrogens is 366 g/mol. The fourth-order valence-electron chi connectivity index (χ4n) is 3.13. The van der Waals surface area contributed by atoms with Crippen molar-refractivity contribution in [3.63, 3.8) is 0 Å². The summed E-state index contributed by atoms with van der Waals surface area (Å²) in [6, 6.07) is 15.3. The standard InChI is InChI=1S/C22H21N5O2/c1-14-9-15(2)16(3)20(10-14)29-12-22(28)24-18-6-4-5-17(11-18)19-7-8-21-25-23-13-27(21)26-19/h4-11,13H,12H2,1-3H3,(H,24,28). The van der Waals surface area contributed by atoms with E-state index in [1.807, 2.05) is 63.2 Å². The lowest BCUT2D eigenvalue weighted by molar-refractivity contribution is -0.118. The fourth-order valence-corrected chi connectivity index (χ4v) is 3.13. The zero-order valence-corrected chi connectivity index (χ0v) is 16.5. The van der Waals surface area contributed by atoms with Gasteiger partial charge in [0.15, 0.2) is 12.3 Å². The number of fused-ring (bicyclic) bond motifs is 1. The summed E-state index contributed by atoms with van der Waals surface area (Å²) >= 11 is 0. The molecule has 2 aromatic heterocycles. The minimum Gasteiger partial charge on any atom is -0.483 e. The molecule has 0 aliphatic heterocycles. The Morgan fingerprint density at radius 1 is 1.10 bits per heavy atom. The molecule has 0 atom stereocenters. The van der Waals surface area contributed by atoms with Gasteiger partial charge in [-0.3, -0.25) is 4.79 Å². The van der Waals surface area contributed by atoms with Crippen LogP contribution in [0, 0.1) is 20.8 Å². The number of hydrogen-bond donors (Lipinski definition) is 1. The minimum absolute atomic E-state index is 0.0567. The topological polar surface area (TPSA) is 81.4 Å². The van der Waals surface area contributed by atoms with Crippen LogP contribution in [0.5, 0.6) is 5.75 Å². The first-order valence-corrected chi connectivity index (χ1v) is 9.27. The van der Waals surface area contributed by atoms with Gasteiger partial charge in [-0.1, -0.05) is 18.2 Å². The monoisotopic (exact) mass is 387 g/mol. The lowest BCUT2D eigenvalue weighted by atomic mass is 10.1. The highest BCUT2D eigenvalue weighted by Gasteiger charge is 2.09. The first kappa shape index (κ1) is 18.6. The molecule has 2 aromatic carbocycles. The van der Waals surface area contributed by atoms with E-state index in [2.05, 4.69) is 26.7 Å². The van der Waals surface area contributed by atoms with E-state index in [4.69, 9.17) is 4.74 Å². The number of hydrogen-bond acceptors (Lipinski definition) is 5. The zero-order valence-electron chi connectivity index (χ0n) is 16.5. The zero-order chi connectivity index (χ0) is 20.4. The van der Waals surface area contributed by atoms with Crippen molar-refractivity contribution >= 4 is 17.2 Å². The Kier molecular flexibility index (Phi) is 4.95. The summed E-state index contributed by atoms with van der Waals surface area (Å²) in [7, 11) is 0. The molecule has 29 heavy (non-hydrogen) atoms. The van der Waals surface area contributed by atoms with E-state index in [-0.39, 0.29) is 12.5 Å². The predicted molar refractivity (Wildman–Crippen MR) is 111 cm³/mol. The van der Waals surface area contributed by atoms with E-state index in [0.717, 1.165) is 33.7 Å². The normalized spacial score (nSPS) is 10.9. The summed E-state index contributed by atoms with van der Waals surface area (Å²) in [6.07, 6.45) is 1.55. The van der Waals surface area contributed by atoms with Crippen molar-refractivity contribution in [3.05, 3.63) is 71.5 Å². The minimum atomic E-state index is -0.220.